The van der Waals surface area contributed by atoms with Gasteiger partial charge in [-0.05, 0) is 38.5 Å². The van der Waals surface area contributed by atoms with E-state index in [1.165, 1.54) is 0 Å². The Morgan fingerprint density at radius 1 is 1.12 bits per heavy atom. The molecule has 0 saturated carbocycles. The molecule has 9 heteroatoms. The highest BCUT2D eigenvalue weighted by Gasteiger charge is 2.30. The molecule has 1 amide bonds. The third-order valence-electron chi connectivity index (χ3n) is 2.75. The molecule has 24 heavy (non-hydrogen) atoms. The number of rotatable bonds is 3. The summed E-state index contributed by atoms with van der Waals surface area (Å²) in [7, 11) is 0. The molecule has 0 aliphatic heterocycles. The molecule has 0 fully saturated rings. The Hall–Kier alpha value is -2.16. The van der Waals surface area contributed by atoms with Crippen molar-refractivity contribution in [3.63, 3.8) is 0 Å². The average molecular weight is 352 g/mol. The first kappa shape index (κ1) is 19.9. The summed E-state index contributed by atoms with van der Waals surface area (Å²) in [5.74, 6) is 5.41. The van der Waals surface area contributed by atoms with Crippen molar-refractivity contribution in [2.24, 2.45) is 5.84 Å². The van der Waals surface area contributed by atoms with Gasteiger partial charge >= 0.3 is 12.3 Å². The third kappa shape index (κ3) is 5.80. The molecular weight excluding hydrogens is 335 g/mol. The Bertz CT molecular complexity index is 614. The van der Waals surface area contributed by atoms with Crippen molar-refractivity contribution >= 4 is 11.7 Å². The third-order valence-corrected chi connectivity index (χ3v) is 2.75. The fourth-order valence-electron chi connectivity index (χ4n) is 1.68. The van der Waals surface area contributed by atoms with Crippen LogP contribution < -0.4 is 5.84 Å². The molecule has 0 heterocycles. The van der Waals surface area contributed by atoms with Gasteiger partial charge in [0.15, 0.2) is 0 Å². The summed E-state index contributed by atoms with van der Waals surface area (Å²) in [4.78, 5) is 11.7. The summed E-state index contributed by atoms with van der Waals surface area (Å²) in [5, 5.41) is 0.428. The zero-order chi connectivity index (χ0) is 18.7. The smallest absolute Gasteiger partial charge is 0.424 e. The van der Waals surface area contributed by atoms with Gasteiger partial charge in [0.1, 0.15) is 5.60 Å². The minimum absolute atomic E-state index is 0.179. The second-order valence-electron chi connectivity index (χ2n) is 5.92. The van der Waals surface area contributed by atoms with E-state index in [0.717, 1.165) is 12.1 Å². The van der Waals surface area contributed by atoms with Gasteiger partial charge in [-0.3, -0.25) is 0 Å². The fraction of sp³-hybridized carbons (Fsp3) is 0.400. The standard InChI is InChI=1S/C15H17F5N2O2/c1-14(2,3)24-13(23)22(21)8-11(12(16)17)9-4-6-10(7-5-9)15(18,19)20/h4-7H,8,21H2,1-3H3. The minimum atomic E-state index is -4.58. The number of ether oxygens (including phenoxy) is 1. The molecule has 4 nitrogen and oxygen atoms in total. The first-order chi connectivity index (χ1) is 10.8. The Balaban J connectivity index is 2.97. The predicted octanol–water partition coefficient (Wildman–Crippen LogP) is 4.42. The van der Waals surface area contributed by atoms with Gasteiger partial charge in [0.25, 0.3) is 6.08 Å². The van der Waals surface area contributed by atoms with E-state index in [2.05, 4.69) is 0 Å². The van der Waals surface area contributed by atoms with Crippen molar-refractivity contribution in [2.75, 3.05) is 6.54 Å². The summed E-state index contributed by atoms with van der Waals surface area (Å²) in [6.07, 6.45) is -7.77. The first-order valence-corrected chi connectivity index (χ1v) is 6.78. The van der Waals surface area contributed by atoms with E-state index >= 15 is 0 Å². The molecule has 0 bridgehead atoms. The maximum absolute atomic E-state index is 13.1. The average Bonchev–Trinajstić information content (AvgIpc) is 2.41. The second kappa shape index (κ2) is 7.16. The quantitative estimate of drug-likeness (QED) is 0.379. The number of carbonyl (C=O) groups is 1. The summed E-state index contributed by atoms with van der Waals surface area (Å²) in [6, 6.07) is 3.12. The van der Waals surface area contributed by atoms with Crippen molar-refractivity contribution in [3.8, 4) is 0 Å². The van der Waals surface area contributed by atoms with Crippen molar-refractivity contribution in [2.45, 2.75) is 32.5 Å². The van der Waals surface area contributed by atoms with Gasteiger partial charge in [-0.25, -0.2) is 15.6 Å². The van der Waals surface area contributed by atoms with Crippen LogP contribution in [0, 0.1) is 0 Å². The first-order valence-electron chi connectivity index (χ1n) is 6.78. The van der Waals surface area contributed by atoms with Crippen LogP contribution >= 0.6 is 0 Å². The number of hydrogen-bond acceptors (Lipinski definition) is 3. The summed E-state index contributed by atoms with van der Waals surface area (Å²) < 4.78 is 68.6. The van der Waals surface area contributed by atoms with Crippen molar-refractivity contribution < 1.29 is 31.5 Å². The van der Waals surface area contributed by atoms with Crippen LogP contribution in [0.1, 0.15) is 31.9 Å². The molecule has 0 atom stereocenters. The molecule has 0 spiro atoms. The molecule has 1 aromatic carbocycles. The van der Waals surface area contributed by atoms with Crippen LogP contribution in [-0.2, 0) is 10.9 Å². The summed E-state index contributed by atoms with van der Waals surface area (Å²) >= 11 is 0. The lowest BCUT2D eigenvalue weighted by atomic mass is 10.0. The zero-order valence-electron chi connectivity index (χ0n) is 13.2. The van der Waals surface area contributed by atoms with Gasteiger partial charge in [-0.15, -0.1) is 0 Å². The van der Waals surface area contributed by atoms with Gasteiger partial charge in [0, 0.05) is 5.57 Å². The van der Waals surface area contributed by atoms with Gasteiger partial charge in [-0.1, -0.05) is 12.1 Å². The molecule has 1 rings (SSSR count). The van der Waals surface area contributed by atoms with Crippen molar-refractivity contribution in [1.82, 2.24) is 5.01 Å². The van der Waals surface area contributed by atoms with E-state index in [0.29, 0.717) is 17.1 Å². The SMILES string of the molecule is CC(C)(C)OC(=O)N(N)CC(=C(F)F)c1ccc(C(F)(F)F)cc1. The number of amides is 1. The minimum Gasteiger partial charge on any atom is -0.443 e. The van der Waals surface area contributed by atoms with Crippen LogP contribution in [0.25, 0.3) is 5.57 Å². The number of hydrogen-bond donors (Lipinski definition) is 1. The van der Waals surface area contributed by atoms with Crippen LogP contribution in [0.5, 0.6) is 0 Å². The van der Waals surface area contributed by atoms with E-state index < -0.39 is 41.6 Å². The summed E-state index contributed by atoms with van der Waals surface area (Å²) in [5.41, 5.74) is -2.69. The van der Waals surface area contributed by atoms with Crippen LogP contribution in [0.15, 0.2) is 30.3 Å². The van der Waals surface area contributed by atoms with Gasteiger partial charge < -0.3 is 4.74 Å². The van der Waals surface area contributed by atoms with Crippen molar-refractivity contribution in [1.29, 1.82) is 0 Å². The number of benzene rings is 1. The number of nitrogens with zero attached hydrogens (tertiary/aromatic N) is 1. The molecule has 0 aliphatic rings. The molecule has 0 aliphatic carbocycles. The molecule has 0 aromatic heterocycles. The largest absolute Gasteiger partial charge is 0.443 e. The van der Waals surface area contributed by atoms with Crippen LogP contribution in [0.2, 0.25) is 0 Å². The monoisotopic (exact) mass is 352 g/mol. The van der Waals surface area contributed by atoms with E-state index in [-0.39, 0.29) is 5.56 Å². The van der Waals surface area contributed by atoms with E-state index in [9.17, 15) is 26.7 Å². The molecule has 1 aromatic rings. The Labute approximate surface area is 135 Å². The molecule has 0 radical (unpaired) electrons. The normalized spacial score (nSPS) is 11.9. The molecule has 0 saturated heterocycles. The Kier molecular flexibility index (Phi) is 5.94. The Morgan fingerprint density at radius 2 is 1.62 bits per heavy atom. The molecule has 2 N–H and O–H groups in total. The number of hydrazine groups is 1. The van der Waals surface area contributed by atoms with Crippen LogP contribution in [0.4, 0.5) is 26.7 Å². The van der Waals surface area contributed by atoms with E-state index in [1.54, 1.807) is 20.8 Å². The highest BCUT2D eigenvalue weighted by molar-refractivity contribution is 5.74. The van der Waals surface area contributed by atoms with Gasteiger partial charge in [0.05, 0.1) is 12.1 Å². The number of nitrogens with two attached hydrogens (primary N) is 1. The van der Waals surface area contributed by atoms with Gasteiger partial charge in [-0.2, -0.15) is 22.0 Å². The number of alkyl halides is 3. The molecular formula is C15H17F5N2O2. The van der Waals surface area contributed by atoms with E-state index in [1.807, 2.05) is 0 Å². The van der Waals surface area contributed by atoms with Crippen LogP contribution in [0.3, 0.4) is 0 Å². The highest BCUT2D eigenvalue weighted by atomic mass is 19.4. The van der Waals surface area contributed by atoms with Crippen molar-refractivity contribution in [3.05, 3.63) is 41.5 Å². The highest BCUT2D eigenvalue weighted by Crippen LogP contribution is 2.31. The second-order valence-corrected chi connectivity index (χ2v) is 5.92. The number of carbonyl (C=O) groups excluding carboxylic acids is 1. The Morgan fingerprint density at radius 3 is 2.00 bits per heavy atom. The summed E-state index contributed by atoms with van der Waals surface area (Å²) in [6.45, 7) is 3.99. The molecule has 0 unspecified atom stereocenters. The fourth-order valence-corrected chi connectivity index (χ4v) is 1.68. The predicted molar refractivity (Wildman–Crippen MR) is 77.7 cm³/mol. The maximum atomic E-state index is 13.1. The van der Waals surface area contributed by atoms with Crippen LogP contribution in [-0.4, -0.2) is 23.2 Å². The lowest BCUT2D eigenvalue weighted by Gasteiger charge is -2.24. The zero-order valence-corrected chi connectivity index (χ0v) is 13.2. The lowest BCUT2D eigenvalue weighted by Crippen LogP contribution is -2.42. The maximum Gasteiger partial charge on any atom is 0.424 e. The number of halogens is 5. The van der Waals surface area contributed by atoms with E-state index in [4.69, 9.17) is 10.6 Å². The topological polar surface area (TPSA) is 55.6 Å². The lowest BCUT2D eigenvalue weighted by molar-refractivity contribution is -0.137. The van der Waals surface area contributed by atoms with Gasteiger partial charge in [0.2, 0.25) is 0 Å². The molecule has 134 valence electrons.